The van der Waals surface area contributed by atoms with E-state index in [-0.39, 0.29) is 0 Å². The average molecular weight is 207 g/mol. The molecule has 0 fully saturated rings. The fourth-order valence-corrected chi connectivity index (χ4v) is 1.46. The van der Waals surface area contributed by atoms with Gasteiger partial charge < -0.3 is 5.73 Å². The van der Waals surface area contributed by atoms with Gasteiger partial charge >= 0.3 is 0 Å². The summed E-state index contributed by atoms with van der Waals surface area (Å²) in [7, 11) is 0. The Morgan fingerprint density at radius 2 is 1.69 bits per heavy atom. The fourth-order valence-electron chi connectivity index (χ4n) is 1.46. The lowest BCUT2D eigenvalue weighted by atomic mass is 10.1. The molecule has 2 aromatic rings. The van der Waals surface area contributed by atoms with Gasteiger partial charge in [0.2, 0.25) is 0 Å². The molecule has 0 heterocycles. The zero-order valence-electron chi connectivity index (χ0n) is 9.20. The number of nitrogens with two attached hydrogens (primary N) is 1. The van der Waals surface area contributed by atoms with Gasteiger partial charge in [-0.1, -0.05) is 36.1 Å². The maximum Gasteiger partial charge on any atom is 0.0478 e. The zero-order chi connectivity index (χ0) is 11.4. The van der Waals surface area contributed by atoms with Crippen LogP contribution in [0.15, 0.2) is 48.5 Å². The van der Waals surface area contributed by atoms with Crippen molar-refractivity contribution in [2.75, 3.05) is 5.73 Å². The Hall–Kier alpha value is -2.20. The summed E-state index contributed by atoms with van der Waals surface area (Å²) in [6, 6.07) is 15.8. The maximum absolute atomic E-state index is 5.88. The summed E-state index contributed by atoms with van der Waals surface area (Å²) >= 11 is 0. The van der Waals surface area contributed by atoms with Crippen LogP contribution in [0.25, 0.3) is 0 Å². The van der Waals surface area contributed by atoms with Crippen LogP contribution in [0.4, 0.5) is 5.69 Å². The minimum atomic E-state index is 0.739. The number of rotatable bonds is 0. The van der Waals surface area contributed by atoms with Gasteiger partial charge in [-0.25, -0.2) is 0 Å². The number of hydrogen-bond acceptors (Lipinski definition) is 1. The molecule has 0 saturated carbocycles. The molecular weight excluding hydrogens is 194 g/mol. The summed E-state index contributed by atoms with van der Waals surface area (Å²) in [5, 5.41) is 0. The summed E-state index contributed by atoms with van der Waals surface area (Å²) in [4.78, 5) is 0. The highest BCUT2D eigenvalue weighted by Gasteiger charge is 1.94. The Bertz CT molecular complexity index is 545. The van der Waals surface area contributed by atoms with Crippen LogP contribution in [0.2, 0.25) is 0 Å². The molecule has 0 aliphatic rings. The van der Waals surface area contributed by atoms with Crippen molar-refractivity contribution in [2.24, 2.45) is 0 Å². The van der Waals surface area contributed by atoms with E-state index >= 15 is 0 Å². The van der Waals surface area contributed by atoms with E-state index in [2.05, 4.69) is 11.8 Å². The summed E-state index contributed by atoms with van der Waals surface area (Å²) in [5.74, 6) is 6.17. The molecule has 0 aliphatic heterocycles. The Morgan fingerprint density at radius 1 is 0.938 bits per heavy atom. The van der Waals surface area contributed by atoms with Crippen molar-refractivity contribution in [2.45, 2.75) is 6.92 Å². The number of hydrogen-bond donors (Lipinski definition) is 1. The molecule has 0 aromatic heterocycles. The van der Waals surface area contributed by atoms with Crippen LogP contribution in [0.3, 0.4) is 0 Å². The van der Waals surface area contributed by atoms with Crippen molar-refractivity contribution in [3.8, 4) is 11.8 Å². The molecule has 0 saturated heterocycles. The smallest absolute Gasteiger partial charge is 0.0478 e. The highest BCUT2D eigenvalue weighted by Crippen LogP contribution is 2.12. The number of nitrogen functional groups attached to an aromatic ring is 1. The van der Waals surface area contributed by atoms with E-state index < -0.39 is 0 Å². The molecule has 1 nitrogen and oxygen atoms in total. The molecule has 0 atom stereocenters. The third kappa shape index (κ3) is 2.43. The van der Waals surface area contributed by atoms with Crippen LogP contribution in [0.1, 0.15) is 16.7 Å². The summed E-state index contributed by atoms with van der Waals surface area (Å²) < 4.78 is 0. The summed E-state index contributed by atoms with van der Waals surface area (Å²) in [5.41, 5.74) is 9.66. The molecular formula is C15H13N. The lowest BCUT2D eigenvalue weighted by Crippen LogP contribution is -1.90. The van der Waals surface area contributed by atoms with Crippen LogP contribution in [0, 0.1) is 18.8 Å². The van der Waals surface area contributed by atoms with E-state index in [4.69, 9.17) is 5.73 Å². The van der Waals surface area contributed by atoms with Crippen LogP contribution in [0.5, 0.6) is 0 Å². The zero-order valence-corrected chi connectivity index (χ0v) is 9.20. The first-order chi connectivity index (χ1) is 7.75. The quantitative estimate of drug-likeness (QED) is 0.521. The monoisotopic (exact) mass is 207 g/mol. The van der Waals surface area contributed by atoms with E-state index in [1.807, 2.05) is 55.5 Å². The Kier molecular flexibility index (Phi) is 2.93. The topological polar surface area (TPSA) is 26.0 Å². The van der Waals surface area contributed by atoms with Gasteiger partial charge in [0.1, 0.15) is 0 Å². The molecule has 0 aliphatic carbocycles. The molecule has 0 bridgehead atoms. The fraction of sp³-hybridized carbons (Fsp3) is 0.0667. The van der Waals surface area contributed by atoms with Crippen molar-refractivity contribution in [3.63, 3.8) is 0 Å². The van der Waals surface area contributed by atoms with Crippen LogP contribution in [-0.2, 0) is 0 Å². The Labute approximate surface area is 95.9 Å². The minimum absolute atomic E-state index is 0.739. The number of anilines is 1. The van der Waals surface area contributed by atoms with Crippen LogP contribution < -0.4 is 5.73 Å². The predicted molar refractivity (Wildman–Crippen MR) is 68.0 cm³/mol. The van der Waals surface area contributed by atoms with Crippen molar-refractivity contribution >= 4 is 5.69 Å². The van der Waals surface area contributed by atoms with Gasteiger partial charge in [-0.05, 0) is 36.8 Å². The van der Waals surface area contributed by atoms with Crippen LogP contribution >= 0.6 is 0 Å². The molecule has 0 radical (unpaired) electrons. The second-order valence-corrected chi connectivity index (χ2v) is 3.71. The second-order valence-electron chi connectivity index (χ2n) is 3.71. The van der Waals surface area contributed by atoms with Crippen molar-refractivity contribution in [1.82, 2.24) is 0 Å². The molecule has 0 spiro atoms. The molecule has 2 aromatic carbocycles. The first-order valence-corrected chi connectivity index (χ1v) is 5.19. The minimum Gasteiger partial charge on any atom is -0.398 e. The van der Waals surface area contributed by atoms with E-state index in [9.17, 15) is 0 Å². The highest BCUT2D eigenvalue weighted by molar-refractivity contribution is 5.58. The number of aryl methyl sites for hydroxylation is 1. The maximum atomic E-state index is 5.88. The predicted octanol–water partition coefficient (Wildman–Crippen LogP) is 2.98. The molecule has 78 valence electrons. The van der Waals surface area contributed by atoms with Gasteiger partial charge in [-0.3, -0.25) is 0 Å². The van der Waals surface area contributed by atoms with Crippen molar-refractivity contribution in [3.05, 3.63) is 65.2 Å². The Morgan fingerprint density at radius 3 is 2.38 bits per heavy atom. The van der Waals surface area contributed by atoms with E-state index in [1.165, 1.54) is 0 Å². The molecule has 1 heteroatoms. The van der Waals surface area contributed by atoms with Gasteiger partial charge in [0.05, 0.1) is 0 Å². The van der Waals surface area contributed by atoms with Crippen molar-refractivity contribution < 1.29 is 0 Å². The van der Waals surface area contributed by atoms with Gasteiger partial charge in [0, 0.05) is 16.8 Å². The van der Waals surface area contributed by atoms with Gasteiger partial charge in [-0.15, -0.1) is 0 Å². The summed E-state index contributed by atoms with van der Waals surface area (Å²) in [6.07, 6.45) is 0. The second kappa shape index (κ2) is 4.55. The lowest BCUT2D eigenvalue weighted by molar-refractivity contribution is 1.46. The average Bonchev–Trinajstić information content (AvgIpc) is 2.29. The normalized spacial score (nSPS) is 9.31. The molecule has 0 unspecified atom stereocenters. The van der Waals surface area contributed by atoms with Gasteiger partial charge in [0.15, 0.2) is 0 Å². The third-order valence-electron chi connectivity index (χ3n) is 2.32. The molecule has 0 amide bonds. The first kappa shape index (κ1) is 10.3. The number of benzene rings is 2. The SMILES string of the molecule is Cc1ccc(C#Cc2ccccc2)c(N)c1. The first-order valence-electron chi connectivity index (χ1n) is 5.19. The van der Waals surface area contributed by atoms with E-state index in [1.54, 1.807) is 0 Å². The molecule has 16 heavy (non-hydrogen) atoms. The molecule has 2 N–H and O–H groups in total. The van der Waals surface area contributed by atoms with Crippen LogP contribution in [-0.4, -0.2) is 0 Å². The Balaban J connectivity index is 2.31. The lowest BCUT2D eigenvalue weighted by Gasteiger charge is -1.98. The summed E-state index contributed by atoms with van der Waals surface area (Å²) in [6.45, 7) is 2.02. The third-order valence-corrected chi connectivity index (χ3v) is 2.32. The molecule has 2 rings (SSSR count). The highest BCUT2D eigenvalue weighted by atomic mass is 14.5. The van der Waals surface area contributed by atoms with E-state index in [0.717, 1.165) is 22.4 Å². The van der Waals surface area contributed by atoms with Gasteiger partial charge in [0.25, 0.3) is 0 Å². The van der Waals surface area contributed by atoms with Gasteiger partial charge in [-0.2, -0.15) is 0 Å². The standard InChI is InChI=1S/C15H13N/c1-12-7-9-14(15(16)11-12)10-8-13-5-3-2-4-6-13/h2-7,9,11H,16H2,1H3. The van der Waals surface area contributed by atoms with Crippen molar-refractivity contribution in [1.29, 1.82) is 0 Å². The van der Waals surface area contributed by atoms with E-state index in [0.29, 0.717) is 0 Å². The largest absolute Gasteiger partial charge is 0.398 e.